The van der Waals surface area contributed by atoms with E-state index >= 15 is 0 Å². The number of amides is 1. The molecule has 1 aromatic carbocycles. The standard InChI is InChI=1S/C19H21FN8OS/c1-10-8-12(20)9-13-15(10)23-19(21)28-16(13)22-14(26-28)6-4-5-7-27(3)18(29)17-25-24-11(2)30-17/h8-9H,4-7H2,1-3H3,(H2,21,23). The Kier molecular flexibility index (Phi) is 5.29. The van der Waals surface area contributed by atoms with Crippen LogP contribution in [0.25, 0.3) is 16.6 Å². The van der Waals surface area contributed by atoms with Gasteiger partial charge in [0.2, 0.25) is 11.0 Å². The minimum Gasteiger partial charge on any atom is -0.368 e. The van der Waals surface area contributed by atoms with Crippen molar-refractivity contribution in [3.63, 3.8) is 0 Å². The number of nitrogens with zero attached hydrogens (tertiary/aromatic N) is 7. The van der Waals surface area contributed by atoms with Crippen molar-refractivity contribution >= 4 is 39.7 Å². The fourth-order valence-corrected chi connectivity index (χ4v) is 3.98. The highest BCUT2D eigenvalue weighted by molar-refractivity contribution is 7.13. The van der Waals surface area contributed by atoms with E-state index in [4.69, 9.17) is 5.73 Å². The summed E-state index contributed by atoms with van der Waals surface area (Å²) in [6.45, 7) is 4.19. The van der Waals surface area contributed by atoms with Crippen molar-refractivity contribution in [2.45, 2.75) is 33.1 Å². The summed E-state index contributed by atoms with van der Waals surface area (Å²) in [6.07, 6.45) is 2.16. The molecular formula is C19H21FN8OS. The zero-order valence-corrected chi connectivity index (χ0v) is 17.7. The maximum absolute atomic E-state index is 13.9. The molecule has 0 saturated heterocycles. The molecule has 156 valence electrons. The molecule has 0 aliphatic rings. The third kappa shape index (κ3) is 3.80. The summed E-state index contributed by atoms with van der Waals surface area (Å²) in [6, 6.07) is 2.82. The van der Waals surface area contributed by atoms with E-state index in [1.807, 2.05) is 6.92 Å². The van der Waals surface area contributed by atoms with E-state index in [1.165, 1.54) is 28.0 Å². The molecule has 4 rings (SSSR count). The van der Waals surface area contributed by atoms with Crippen molar-refractivity contribution in [2.24, 2.45) is 0 Å². The Labute approximate surface area is 175 Å². The fourth-order valence-electron chi connectivity index (χ4n) is 3.29. The number of aryl methyl sites for hydroxylation is 3. The van der Waals surface area contributed by atoms with E-state index in [2.05, 4.69) is 25.3 Å². The van der Waals surface area contributed by atoms with Gasteiger partial charge in [-0.05, 0) is 44.4 Å². The van der Waals surface area contributed by atoms with Crippen LogP contribution in [0.1, 0.15) is 39.0 Å². The smallest absolute Gasteiger partial charge is 0.284 e. The molecule has 0 bridgehead atoms. The normalized spacial score (nSPS) is 11.5. The van der Waals surface area contributed by atoms with Crippen molar-refractivity contribution < 1.29 is 9.18 Å². The third-order valence-electron chi connectivity index (χ3n) is 4.80. The largest absolute Gasteiger partial charge is 0.368 e. The Morgan fingerprint density at radius 3 is 2.77 bits per heavy atom. The average molecular weight is 428 g/mol. The molecule has 0 fully saturated rings. The summed E-state index contributed by atoms with van der Waals surface area (Å²) in [7, 11) is 1.75. The minimum atomic E-state index is -0.351. The summed E-state index contributed by atoms with van der Waals surface area (Å²) in [4.78, 5) is 22.8. The second-order valence-corrected chi connectivity index (χ2v) is 8.34. The van der Waals surface area contributed by atoms with E-state index in [0.717, 1.165) is 17.8 Å². The van der Waals surface area contributed by atoms with Gasteiger partial charge in [-0.3, -0.25) is 4.79 Å². The lowest BCUT2D eigenvalue weighted by molar-refractivity contribution is 0.0791. The summed E-state index contributed by atoms with van der Waals surface area (Å²) in [5.41, 5.74) is 7.84. The summed E-state index contributed by atoms with van der Waals surface area (Å²) < 4.78 is 15.3. The first kappa shape index (κ1) is 20.1. The highest BCUT2D eigenvalue weighted by atomic mass is 32.1. The second kappa shape index (κ2) is 7.90. The maximum atomic E-state index is 13.9. The molecule has 9 nitrogen and oxygen atoms in total. The van der Waals surface area contributed by atoms with Crippen LogP contribution >= 0.6 is 11.3 Å². The average Bonchev–Trinajstić information content (AvgIpc) is 3.32. The van der Waals surface area contributed by atoms with Gasteiger partial charge in [0, 0.05) is 25.4 Å². The van der Waals surface area contributed by atoms with E-state index in [0.29, 0.717) is 45.9 Å². The molecule has 0 aliphatic heterocycles. The highest BCUT2D eigenvalue weighted by Crippen LogP contribution is 2.24. The van der Waals surface area contributed by atoms with Crippen molar-refractivity contribution in [2.75, 3.05) is 19.3 Å². The monoisotopic (exact) mass is 428 g/mol. The predicted octanol–water partition coefficient (Wildman–Crippen LogP) is 2.56. The zero-order valence-electron chi connectivity index (χ0n) is 16.9. The molecule has 2 N–H and O–H groups in total. The van der Waals surface area contributed by atoms with Crippen molar-refractivity contribution in [1.82, 2.24) is 34.7 Å². The molecule has 3 heterocycles. The molecule has 0 aliphatic carbocycles. The fraction of sp³-hybridized carbons (Fsp3) is 0.368. The topological polar surface area (TPSA) is 115 Å². The number of nitrogen functional groups attached to an aromatic ring is 1. The van der Waals surface area contributed by atoms with Gasteiger partial charge >= 0.3 is 0 Å². The lowest BCUT2D eigenvalue weighted by Crippen LogP contribution is -2.27. The zero-order chi connectivity index (χ0) is 21.4. The molecule has 0 atom stereocenters. The molecule has 0 unspecified atom stereocenters. The first-order valence-corrected chi connectivity index (χ1v) is 10.3. The second-order valence-electron chi connectivity index (χ2n) is 7.16. The number of hydrogen-bond acceptors (Lipinski definition) is 8. The van der Waals surface area contributed by atoms with Gasteiger partial charge in [0.25, 0.3) is 5.91 Å². The molecule has 11 heteroatoms. The maximum Gasteiger partial charge on any atom is 0.284 e. The Hall–Kier alpha value is -3.21. The van der Waals surface area contributed by atoms with Crippen LogP contribution in [0.5, 0.6) is 0 Å². The first-order valence-electron chi connectivity index (χ1n) is 9.50. The third-order valence-corrected chi connectivity index (χ3v) is 5.63. The number of rotatable bonds is 6. The number of anilines is 1. The number of hydrogen-bond donors (Lipinski definition) is 1. The van der Waals surface area contributed by atoms with Gasteiger partial charge in [-0.25, -0.2) is 14.4 Å². The Bertz CT molecular complexity index is 1250. The van der Waals surface area contributed by atoms with Crippen LogP contribution < -0.4 is 5.73 Å². The minimum absolute atomic E-state index is 0.130. The van der Waals surface area contributed by atoms with Crippen molar-refractivity contribution in [1.29, 1.82) is 0 Å². The van der Waals surface area contributed by atoms with Crippen LogP contribution in [0.2, 0.25) is 0 Å². The van der Waals surface area contributed by atoms with Gasteiger partial charge < -0.3 is 10.6 Å². The number of unbranched alkanes of at least 4 members (excludes halogenated alkanes) is 1. The number of carbonyl (C=O) groups is 1. The number of fused-ring (bicyclic) bond motifs is 3. The van der Waals surface area contributed by atoms with Crippen LogP contribution in [0, 0.1) is 19.7 Å². The number of benzene rings is 1. The van der Waals surface area contributed by atoms with Gasteiger partial charge in [-0.2, -0.15) is 4.52 Å². The summed E-state index contributed by atoms with van der Waals surface area (Å²) in [5, 5.41) is 13.9. The van der Waals surface area contributed by atoms with E-state index in [-0.39, 0.29) is 17.7 Å². The van der Waals surface area contributed by atoms with Crippen LogP contribution in [0.15, 0.2) is 12.1 Å². The Balaban J connectivity index is 1.44. The molecule has 30 heavy (non-hydrogen) atoms. The first-order chi connectivity index (χ1) is 14.3. The van der Waals surface area contributed by atoms with Gasteiger partial charge in [0.1, 0.15) is 10.8 Å². The summed E-state index contributed by atoms with van der Waals surface area (Å²) in [5.74, 6) is 0.334. The van der Waals surface area contributed by atoms with Crippen LogP contribution in [0.4, 0.5) is 10.3 Å². The molecule has 1 amide bonds. The van der Waals surface area contributed by atoms with E-state index in [9.17, 15) is 9.18 Å². The van der Waals surface area contributed by atoms with Gasteiger partial charge in [0.15, 0.2) is 11.5 Å². The van der Waals surface area contributed by atoms with Crippen molar-refractivity contribution in [3.8, 4) is 0 Å². The SMILES string of the molecule is Cc1nnc(C(=O)N(C)CCCCc2nc3c4cc(F)cc(C)c4nc(N)n3n2)s1. The Morgan fingerprint density at radius 2 is 2.03 bits per heavy atom. The summed E-state index contributed by atoms with van der Waals surface area (Å²) >= 11 is 1.29. The quantitative estimate of drug-likeness (QED) is 0.469. The lowest BCUT2D eigenvalue weighted by Gasteiger charge is -2.14. The van der Waals surface area contributed by atoms with Gasteiger partial charge in [-0.1, -0.05) is 11.3 Å². The number of carbonyl (C=O) groups excluding carboxylic acids is 1. The van der Waals surface area contributed by atoms with Crippen LogP contribution in [-0.2, 0) is 6.42 Å². The van der Waals surface area contributed by atoms with E-state index < -0.39 is 0 Å². The van der Waals surface area contributed by atoms with Gasteiger partial charge in [0.05, 0.1) is 5.52 Å². The molecule has 3 aromatic heterocycles. The van der Waals surface area contributed by atoms with Crippen LogP contribution in [0.3, 0.4) is 0 Å². The lowest BCUT2D eigenvalue weighted by atomic mass is 10.1. The number of halogens is 1. The molecule has 4 aromatic rings. The van der Waals surface area contributed by atoms with Crippen LogP contribution in [-0.4, -0.2) is 54.2 Å². The predicted molar refractivity (Wildman–Crippen MR) is 112 cm³/mol. The highest BCUT2D eigenvalue weighted by Gasteiger charge is 2.17. The molecule has 0 radical (unpaired) electrons. The molecular weight excluding hydrogens is 407 g/mol. The number of nitrogens with two attached hydrogens (primary N) is 1. The molecule has 0 saturated carbocycles. The Morgan fingerprint density at radius 1 is 1.23 bits per heavy atom. The number of aromatic nitrogens is 6. The van der Waals surface area contributed by atoms with Crippen molar-refractivity contribution in [3.05, 3.63) is 39.4 Å². The van der Waals surface area contributed by atoms with Gasteiger partial charge in [-0.15, -0.1) is 15.3 Å². The van der Waals surface area contributed by atoms with E-state index in [1.54, 1.807) is 18.9 Å². The molecule has 0 spiro atoms.